The van der Waals surface area contributed by atoms with Gasteiger partial charge >= 0.3 is 12.0 Å². The fraction of sp³-hybridized carbons (Fsp3) is 0.312. The minimum atomic E-state index is -0.853. The van der Waals surface area contributed by atoms with Gasteiger partial charge < -0.3 is 15.3 Å². The molecule has 1 saturated heterocycles. The van der Waals surface area contributed by atoms with Crippen molar-refractivity contribution in [1.29, 1.82) is 0 Å². The van der Waals surface area contributed by atoms with Crippen LogP contribution in [-0.4, -0.2) is 44.9 Å². The van der Waals surface area contributed by atoms with Gasteiger partial charge in [-0.2, -0.15) is 5.10 Å². The number of nitrogens with one attached hydrogen (secondary N) is 1. The average Bonchev–Trinajstić information content (AvgIpc) is 3.16. The fourth-order valence-electron chi connectivity index (χ4n) is 2.70. The minimum absolute atomic E-state index is 0.243. The summed E-state index contributed by atoms with van der Waals surface area (Å²) in [5.74, 6) is -1.33. The van der Waals surface area contributed by atoms with E-state index in [0.717, 1.165) is 11.4 Å². The molecule has 120 valence electrons. The standard InChI is InChI=1S/C16H18N4O3/c1-11-14(9-17-20(11)13-5-3-2-4-6-13)18-16(23)19-8-7-12(10-19)15(21)22/h2-6,9,12H,7-8,10H2,1H3,(H,18,23)(H,21,22). The first-order chi connectivity index (χ1) is 11.1. The SMILES string of the molecule is Cc1c(NC(=O)N2CCC(C(=O)O)C2)cnn1-c1ccccc1. The molecule has 2 amide bonds. The van der Waals surface area contributed by atoms with Crippen LogP contribution in [0.25, 0.3) is 5.69 Å². The molecule has 1 aromatic carbocycles. The summed E-state index contributed by atoms with van der Waals surface area (Å²) in [4.78, 5) is 24.8. The molecule has 2 N–H and O–H groups in total. The summed E-state index contributed by atoms with van der Waals surface area (Å²) in [5.41, 5.74) is 2.36. The number of nitrogens with zero attached hydrogens (tertiary/aromatic N) is 3. The van der Waals surface area contributed by atoms with Crippen molar-refractivity contribution in [2.75, 3.05) is 18.4 Å². The van der Waals surface area contributed by atoms with Crippen LogP contribution in [0.15, 0.2) is 36.5 Å². The number of carbonyl (C=O) groups excluding carboxylic acids is 1. The summed E-state index contributed by atoms with van der Waals surface area (Å²) in [6, 6.07) is 9.35. The van der Waals surface area contributed by atoms with Gasteiger partial charge in [0.2, 0.25) is 0 Å². The van der Waals surface area contributed by atoms with Gasteiger partial charge in [-0.15, -0.1) is 0 Å². The molecule has 1 atom stereocenters. The van der Waals surface area contributed by atoms with Gasteiger partial charge in [0.1, 0.15) is 0 Å². The third-order valence-corrected chi connectivity index (χ3v) is 4.08. The molecule has 7 heteroatoms. The van der Waals surface area contributed by atoms with Crippen LogP contribution in [0.1, 0.15) is 12.1 Å². The van der Waals surface area contributed by atoms with Crippen LogP contribution in [0.2, 0.25) is 0 Å². The summed E-state index contributed by atoms with van der Waals surface area (Å²) < 4.78 is 1.75. The van der Waals surface area contributed by atoms with Crippen molar-refractivity contribution in [3.8, 4) is 5.69 Å². The Kier molecular flexibility index (Phi) is 4.01. The molecular formula is C16H18N4O3. The number of benzene rings is 1. The first kappa shape index (κ1) is 15.1. The molecular weight excluding hydrogens is 296 g/mol. The maximum absolute atomic E-state index is 12.3. The number of hydrogen-bond acceptors (Lipinski definition) is 3. The summed E-state index contributed by atoms with van der Waals surface area (Å²) in [6.07, 6.45) is 2.09. The number of amides is 2. The second-order valence-corrected chi connectivity index (χ2v) is 5.59. The van der Waals surface area contributed by atoms with Crippen molar-refractivity contribution in [1.82, 2.24) is 14.7 Å². The molecule has 2 aromatic rings. The molecule has 0 bridgehead atoms. The van der Waals surface area contributed by atoms with E-state index in [9.17, 15) is 9.59 Å². The van der Waals surface area contributed by atoms with Crippen molar-refractivity contribution < 1.29 is 14.7 Å². The lowest BCUT2D eigenvalue weighted by molar-refractivity contribution is -0.141. The van der Waals surface area contributed by atoms with Crippen molar-refractivity contribution in [3.63, 3.8) is 0 Å². The third kappa shape index (κ3) is 3.03. The van der Waals surface area contributed by atoms with Gasteiger partial charge in [-0.05, 0) is 25.5 Å². The monoisotopic (exact) mass is 314 g/mol. The van der Waals surface area contributed by atoms with Crippen LogP contribution < -0.4 is 5.32 Å². The zero-order valence-electron chi connectivity index (χ0n) is 12.8. The molecule has 23 heavy (non-hydrogen) atoms. The number of hydrogen-bond donors (Lipinski definition) is 2. The Labute approximate surface area is 133 Å². The second-order valence-electron chi connectivity index (χ2n) is 5.59. The van der Waals surface area contributed by atoms with Crippen molar-refractivity contribution >= 4 is 17.7 Å². The zero-order valence-corrected chi connectivity index (χ0v) is 12.8. The van der Waals surface area contributed by atoms with Crippen LogP contribution in [0.4, 0.5) is 10.5 Å². The number of anilines is 1. The molecule has 0 saturated carbocycles. The molecule has 0 radical (unpaired) electrons. The summed E-state index contributed by atoms with van der Waals surface area (Å²) in [5, 5.41) is 16.1. The number of likely N-dealkylation sites (tertiary alicyclic amines) is 1. The first-order valence-corrected chi connectivity index (χ1v) is 7.45. The fourth-order valence-corrected chi connectivity index (χ4v) is 2.70. The van der Waals surface area contributed by atoms with Gasteiger partial charge in [0.05, 0.1) is 29.2 Å². The Morgan fingerprint density at radius 2 is 2.04 bits per heavy atom. The molecule has 1 aliphatic heterocycles. The minimum Gasteiger partial charge on any atom is -0.481 e. The van der Waals surface area contributed by atoms with E-state index < -0.39 is 11.9 Å². The number of rotatable bonds is 3. The molecule has 0 aliphatic carbocycles. The third-order valence-electron chi connectivity index (χ3n) is 4.08. The molecule has 1 fully saturated rings. The molecule has 1 aliphatic rings. The molecule has 2 heterocycles. The van der Waals surface area contributed by atoms with Gasteiger partial charge in [0.25, 0.3) is 0 Å². The topological polar surface area (TPSA) is 87.5 Å². The second kappa shape index (κ2) is 6.12. The highest BCUT2D eigenvalue weighted by molar-refractivity contribution is 5.90. The lowest BCUT2D eigenvalue weighted by Gasteiger charge is -2.16. The van der Waals surface area contributed by atoms with Crippen molar-refractivity contribution in [2.24, 2.45) is 5.92 Å². The van der Waals surface area contributed by atoms with Crippen LogP contribution >= 0.6 is 0 Å². The Morgan fingerprint density at radius 3 is 2.70 bits per heavy atom. The largest absolute Gasteiger partial charge is 0.481 e. The zero-order chi connectivity index (χ0) is 16.4. The quantitative estimate of drug-likeness (QED) is 0.908. The van der Waals surface area contributed by atoms with Crippen LogP contribution in [0.3, 0.4) is 0 Å². The number of carboxylic acid groups (broad SMARTS) is 1. The number of aliphatic carboxylic acids is 1. The molecule has 0 spiro atoms. The number of carboxylic acids is 1. The Morgan fingerprint density at radius 1 is 1.30 bits per heavy atom. The van der Waals surface area contributed by atoms with E-state index in [1.165, 1.54) is 4.90 Å². The van der Waals surface area contributed by atoms with E-state index in [-0.39, 0.29) is 12.6 Å². The van der Waals surface area contributed by atoms with Gasteiger partial charge in [-0.1, -0.05) is 18.2 Å². The predicted molar refractivity (Wildman–Crippen MR) is 84.6 cm³/mol. The van der Waals surface area contributed by atoms with Crippen LogP contribution in [-0.2, 0) is 4.79 Å². The summed E-state index contributed by atoms with van der Waals surface area (Å²) in [6.45, 7) is 2.57. The number of aromatic nitrogens is 2. The van der Waals surface area contributed by atoms with E-state index in [1.807, 2.05) is 37.3 Å². The normalized spacial score (nSPS) is 17.3. The van der Waals surface area contributed by atoms with Crippen molar-refractivity contribution in [2.45, 2.75) is 13.3 Å². The highest BCUT2D eigenvalue weighted by atomic mass is 16.4. The van der Waals surface area contributed by atoms with Gasteiger partial charge in [-0.3, -0.25) is 4.79 Å². The molecule has 3 rings (SSSR count). The van der Waals surface area contributed by atoms with Crippen molar-refractivity contribution in [3.05, 3.63) is 42.2 Å². The van der Waals surface area contributed by atoms with Crippen LogP contribution in [0.5, 0.6) is 0 Å². The first-order valence-electron chi connectivity index (χ1n) is 7.45. The number of urea groups is 1. The predicted octanol–water partition coefficient (Wildman–Crippen LogP) is 2.12. The lowest BCUT2D eigenvalue weighted by Crippen LogP contribution is -2.33. The number of para-hydroxylation sites is 1. The maximum Gasteiger partial charge on any atom is 0.321 e. The van der Waals surface area contributed by atoms with E-state index in [4.69, 9.17) is 5.11 Å². The van der Waals surface area contributed by atoms with E-state index in [1.54, 1.807) is 10.9 Å². The van der Waals surface area contributed by atoms with Crippen LogP contribution in [0, 0.1) is 12.8 Å². The highest BCUT2D eigenvalue weighted by Gasteiger charge is 2.31. The van der Waals surface area contributed by atoms with Gasteiger partial charge in [0.15, 0.2) is 0 Å². The Bertz CT molecular complexity index is 726. The summed E-state index contributed by atoms with van der Waals surface area (Å²) in [7, 11) is 0. The average molecular weight is 314 g/mol. The van der Waals surface area contributed by atoms with Gasteiger partial charge in [0, 0.05) is 13.1 Å². The summed E-state index contributed by atoms with van der Waals surface area (Å²) >= 11 is 0. The Balaban J connectivity index is 1.71. The maximum atomic E-state index is 12.3. The molecule has 7 nitrogen and oxygen atoms in total. The lowest BCUT2D eigenvalue weighted by atomic mass is 10.1. The smallest absolute Gasteiger partial charge is 0.321 e. The Hall–Kier alpha value is -2.83. The van der Waals surface area contributed by atoms with E-state index >= 15 is 0 Å². The highest BCUT2D eigenvalue weighted by Crippen LogP contribution is 2.21. The number of carbonyl (C=O) groups is 2. The molecule has 1 unspecified atom stereocenters. The molecule has 1 aromatic heterocycles. The van der Waals surface area contributed by atoms with Gasteiger partial charge in [-0.25, -0.2) is 9.48 Å². The van der Waals surface area contributed by atoms with E-state index in [2.05, 4.69) is 10.4 Å². The van der Waals surface area contributed by atoms with E-state index in [0.29, 0.717) is 18.7 Å².